The Morgan fingerprint density at radius 1 is 1.08 bits per heavy atom. The first-order valence-electron chi connectivity index (χ1n) is 7.91. The van der Waals surface area contributed by atoms with Crippen molar-refractivity contribution in [2.75, 3.05) is 18.7 Å². The van der Waals surface area contributed by atoms with Gasteiger partial charge in [-0.15, -0.1) is 0 Å². The summed E-state index contributed by atoms with van der Waals surface area (Å²) in [4.78, 5) is 12.2. The van der Waals surface area contributed by atoms with Crippen LogP contribution in [0.1, 0.15) is 12.0 Å². The van der Waals surface area contributed by atoms with Crippen molar-refractivity contribution in [2.45, 2.75) is 19.0 Å². The predicted molar refractivity (Wildman–Crippen MR) is 88.4 cm³/mol. The topological polar surface area (TPSA) is 68.8 Å². The highest BCUT2D eigenvalue weighted by atomic mass is 16.7. The number of ether oxygens (including phenoxy) is 3. The zero-order valence-corrected chi connectivity index (χ0v) is 13.1. The lowest BCUT2D eigenvalue weighted by atomic mass is 10.1. The highest BCUT2D eigenvalue weighted by molar-refractivity contribution is 5.77. The zero-order chi connectivity index (χ0) is 16.4. The summed E-state index contributed by atoms with van der Waals surface area (Å²) in [5, 5.41) is 6.27. The second kappa shape index (κ2) is 6.31. The SMILES string of the molecule is O=C(CC1COc2ccccc2N1)NCc1ccc2c(c1)OCO2. The lowest BCUT2D eigenvalue weighted by molar-refractivity contribution is -0.121. The largest absolute Gasteiger partial charge is 0.489 e. The van der Waals surface area contributed by atoms with Crippen LogP contribution >= 0.6 is 0 Å². The van der Waals surface area contributed by atoms with Crippen molar-refractivity contribution in [1.29, 1.82) is 0 Å². The molecule has 124 valence electrons. The smallest absolute Gasteiger partial charge is 0.231 e. The summed E-state index contributed by atoms with van der Waals surface area (Å²) in [5.74, 6) is 2.27. The summed E-state index contributed by atoms with van der Waals surface area (Å²) in [6.07, 6.45) is 0.360. The Hall–Kier alpha value is -2.89. The van der Waals surface area contributed by atoms with Crippen LogP contribution in [0.25, 0.3) is 0 Å². The first kappa shape index (κ1) is 14.7. The van der Waals surface area contributed by atoms with Crippen molar-refractivity contribution in [1.82, 2.24) is 5.32 Å². The summed E-state index contributed by atoms with van der Waals surface area (Å²) in [7, 11) is 0. The molecule has 0 radical (unpaired) electrons. The molecular formula is C18H18N2O4. The summed E-state index contributed by atoms with van der Waals surface area (Å²) < 4.78 is 16.3. The first-order valence-corrected chi connectivity index (χ1v) is 7.91. The van der Waals surface area contributed by atoms with Gasteiger partial charge in [0.2, 0.25) is 12.7 Å². The molecule has 0 saturated heterocycles. The molecule has 2 aromatic carbocycles. The molecule has 0 fully saturated rings. The molecule has 0 aliphatic carbocycles. The molecule has 2 N–H and O–H groups in total. The highest BCUT2D eigenvalue weighted by Gasteiger charge is 2.21. The van der Waals surface area contributed by atoms with Gasteiger partial charge in [0, 0.05) is 6.54 Å². The zero-order valence-electron chi connectivity index (χ0n) is 13.1. The maximum absolute atomic E-state index is 12.2. The number of anilines is 1. The highest BCUT2D eigenvalue weighted by Crippen LogP contribution is 2.32. The molecule has 0 bridgehead atoms. The summed E-state index contributed by atoms with van der Waals surface area (Å²) in [6, 6.07) is 13.4. The van der Waals surface area contributed by atoms with E-state index in [1.807, 2.05) is 42.5 Å². The fourth-order valence-electron chi connectivity index (χ4n) is 2.82. The van der Waals surface area contributed by atoms with Gasteiger partial charge in [-0.25, -0.2) is 0 Å². The van der Waals surface area contributed by atoms with Crippen molar-refractivity contribution in [3.05, 3.63) is 48.0 Å². The van der Waals surface area contributed by atoms with E-state index in [-0.39, 0.29) is 18.7 Å². The standard InChI is InChI=1S/C18H18N2O4/c21-18(8-13-10-22-15-4-2-1-3-14(15)20-13)19-9-12-5-6-16-17(7-12)24-11-23-16/h1-7,13,20H,8-11H2,(H,19,21). The van der Waals surface area contributed by atoms with Crippen LogP contribution in [0.5, 0.6) is 17.2 Å². The molecular weight excluding hydrogens is 308 g/mol. The Morgan fingerprint density at radius 2 is 1.96 bits per heavy atom. The predicted octanol–water partition coefficient (Wildman–Crippen LogP) is 2.29. The number of fused-ring (bicyclic) bond motifs is 2. The minimum Gasteiger partial charge on any atom is -0.489 e. The van der Waals surface area contributed by atoms with E-state index in [0.717, 1.165) is 28.5 Å². The van der Waals surface area contributed by atoms with Crippen LogP contribution in [0.4, 0.5) is 5.69 Å². The van der Waals surface area contributed by atoms with E-state index in [9.17, 15) is 4.79 Å². The van der Waals surface area contributed by atoms with E-state index >= 15 is 0 Å². The summed E-state index contributed by atoms with van der Waals surface area (Å²) in [6.45, 7) is 1.19. The number of amides is 1. The molecule has 0 aromatic heterocycles. The molecule has 0 saturated carbocycles. The number of nitrogens with one attached hydrogen (secondary N) is 2. The van der Waals surface area contributed by atoms with Gasteiger partial charge in [-0.3, -0.25) is 4.79 Å². The maximum atomic E-state index is 12.2. The number of hydrogen-bond donors (Lipinski definition) is 2. The van der Waals surface area contributed by atoms with Crippen molar-refractivity contribution in [3.8, 4) is 17.2 Å². The molecule has 4 rings (SSSR count). The summed E-state index contributed by atoms with van der Waals surface area (Å²) >= 11 is 0. The summed E-state index contributed by atoms with van der Waals surface area (Å²) in [5.41, 5.74) is 1.91. The Kier molecular flexibility index (Phi) is 3.86. The minimum atomic E-state index is -0.0309. The van der Waals surface area contributed by atoms with E-state index in [4.69, 9.17) is 14.2 Å². The van der Waals surface area contributed by atoms with Gasteiger partial charge in [0.15, 0.2) is 11.5 Å². The van der Waals surface area contributed by atoms with Crippen molar-refractivity contribution in [3.63, 3.8) is 0 Å². The molecule has 2 heterocycles. The fourth-order valence-corrected chi connectivity index (χ4v) is 2.82. The second-order valence-corrected chi connectivity index (χ2v) is 5.82. The molecule has 2 aliphatic rings. The van der Waals surface area contributed by atoms with Crippen LogP contribution in [0, 0.1) is 0 Å². The van der Waals surface area contributed by atoms with Gasteiger partial charge < -0.3 is 24.8 Å². The van der Waals surface area contributed by atoms with Crippen LogP contribution in [0.2, 0.25) is 0 Å². The van der Waals surface area contributed by atoms with Gasteiger partial charge in [-0.2, -0.15) is 0 Å². The second-order valence-electron chi connectivity index (χ2n) is 5.82. The number of carbonyl (C=O) groups excluding carboxylic acids is 1. The van der Waals surface area contributed by atoms with Crippen LogP contribution in [-0.4, -0.2) is 25.3 Å². The molecule has 0 spiro atoms. The molecule has 24 heavy (non-hydrogen) atoms. The molecule has 1 amide bonds. The van der Waals surface area contributed by atoms with Crippen LogP contribution in [0.15, 0.2) is 42.5 Å². The van der Waals surface area contributed by atoms with E-state index in [1.54, 1.807) is 0 Å². The Labute approximate surface area is 139 Å². The average Bonchev–Trinajstić information content (AvgIpc) is 3.07. The van der Waals surface area contributed by atoms with E-state index in [0.29, 0.717) is 19.6 Å². The van der Waals surface area contributed by atoms with Crippen molar-refractivity contribution >= 4 is 11.6 Å². The Balaban J connectivity index is 1.30. The quantitative estimate of drug-likeness (QED) is 0.902. The maximum Gasteiger partial charge on any atom is 0.231 e. The first-order chi connectivity index (χ1) is 11.8. The molecule has 2 aromatic rings. The van der Waals surface area contributed by atoms with Crippen LogP contribution in [0.3, 0.4) is 0 Å². The fraction of sp³-hybridized carbons (Fsp3) is 0.278. The lowest BCUT2D eigenvalue weighted by Gasteiger charge is -2.27. The normalized spacial score (nSPS) is 17.4. The molecule has 1 atom stereocenters. The number of carbonyl (C=O) groups is 1. The van der Waals surface area contributed by atoms with Crippen molar-refractivity contribution in [2.24, 2.45) is 0 Å². The molecule has 6 heteroatoms. The van der Waals surface area contributed by atoms with Gasteiger partial charge in [-0.05, 0) is 29.8 Å². The Morgan fingerprint density at radius 3 is 2.92 bits per heavy atom. The van der Waals surface area contributed by atoms with Gasteiger partial charge in [0.25, 0.3) is 0 Å². The third-order valence-corrected chi connectivity index (χ3v) is 4.05. The van der Waals surface area contributed by atoms with Gasteiger partial charge in [0.1, 0.15) is 12.4 Å². The van der Waals surface area contributed by atoms with Gasteiger partial charge in [-0.1, -0.05) is 18.2 Å². The minimum absolute atomic E-state index is 0.0202. The van der Waals surface area contributed by atoms with E-state index < -0.39 is 0 Å². The lowest BCUT2D eigenvalue weighted by Crippen LogP contribution is -2.37. The van der Waals surface area contributed by atoms with Crippen LogP contribution in [-0.2, 0) is 11.3 Å². The van der Waals surface area contributed by atoms with Crippen molar-refractivity contribution < 1.29 is 19.0 Å². The molecule has 1 unspecified atom stereocenters. The number of hydrogen-bond acceptors (Lipinski definition) is 5. The number of benzene rings is 2. The van der Waals surface area contributed by atoms with E-state index in [2.05, 4.69) is 10.6 Å². The third kappa shape index (κ3) is 3.08. The molecule has 2 aliphatic heterocycles. The molecule has 6 nitrogen and oxygen atoms in total. The van der Waals surface area contributed by atoms with Gasteiger partial charge in [0.05, 0.1) is 18.2 Å². The average molecular weight is 326 g/mol. The number of para-hydroxylation sites is 2. The van der Waals surface area contributed by atoms with Crippen LogP contribution < -0.4 is 24.8 Å². The monoisotopic (exact) mass is 326 g/mol. The third-order valence-electron chi connectivity index (χ3n) is 4.05. The Bertz CT molecular complexity index is 762. The van der Waals surface area contributed by atoms with E-state index in [1.165, 1.54) is 0 Å². The number of rotatable bonds is 4. The van der Waals surface area contributed by atoms with Gasteiger partial charge >= 0.3 is 0 Å².